The predicted molar refractivity (Wildman–Crippen MR) is 70.0 cm³/mol. The summed E-state index contributed by atoms with van der Waals surface area (Å²) in [6.45, 7) is 0.834. The van der Waals surface area contributed by atoms with Crippen LogP contribution < -0.4 is 9.47 Å². The first-order valence-corrected chi connectivity index (χ1v) is 6.65. The molecule has 0 radical (unpaired) electrons. The number of fused-ring (bicyclic) bond motifs is 1. The van der Waals surface area contributed by atoms with E-state index < -0.39 is 18.1 Å². The summed E-state index contributed by atoms with van der Waals surface area (Å²) in [6.07, 6.45) is -0.388. The highest BCUT2D eigenvalue weighted by molar-refractivity contribution is 6.31. The highest BCUT2D eigenvalue weighted by Crippen LogP contribution is 2.37. The number of halogens is 1. The zero-order valence-electron chi connectivity index (χ0n) is 10.6. The molecule has 0 aromatic heterocycles. The van der Waals surface area contributed by atoms with E-state index in [9.17, 15) is 15.0 Å². The van der Waals surface area contributed by atoms with Crippen LogP contribution in [0.15, 0.2) is 12.1 Å². The van der Waals surface area contributed by atoms with E-state index in [2.05, 4.69) is 0 Å². The van der Waals surface area contributed by atoms with E-state index in [1.54, 1.807) is 17.0 Å². The zero-order chi connectivity index (χ0) is 14.3. The molecular formula is C13H14ClNO5. The number of likely N-dealkylation sites (tertiary alicyclic amines) is 1. The van der Waals surface area contributed by atoms with Crippen LogP contribution in [0, 0.1) is 0 Å². The Morgan fingerprint density at radius 1 is 1.40 bits per heavy atom. The van der Waals surface area contributed by atoms with Crippen LogP contribution in [-0.4, -0.2) is 46.6 Å². The second-order valence-corrected chi connectivity index (χ2v) is 5.38. The second-order valence-electron chi connectivity index (χ2n) is 4.97. The number of ether oxygens (including phenoxy) is 2. The van der Waals surface area contributed by atoms with Crippen molar-refractivity contribution in [3.63, 3.8) is 0 Å². The number of aliphatic hydroxyl groups excluding tert-OH is 1. The molecule has 0 unspecified atom stereocenters. The van der Waals surface area contributed by atoms with Crippen LogP contribution in [0.2, 0.25) is 5.02 Å². The van der Waals surface area contributed by atoms with Crippen molar-refractivity contribution in [2.75, 3.05) is 13.3 Å². The topological polar surface area (TPSA) is 79.2 Å². The number of carboxylic acid groups (broad SMARTS) is 1. The fourth-order valence-electron chi connectivity index (χ4n) is 2.61. The lowest BCUT2D eigenvalue weighted by atomic mass is 10.1. The largest absolute Gasteiger partial charge is 0.480 e. The predicted octanol–water partition coefficient (Wildman–Crippen LogP) is 1.09. The van der Waals surface area contributed by atoms with Gasteiger partial charge < -0.3 is 19.7 Å². The zero-order valence-corrected chi connectivity index (χ0v) is 11.3. The molecule has 0 spiro atoms. The van der Waals surface area contributed by atoms with E-state index in [0.717, 1.165) is 5.56 Å². The fourth-order valence-corrected chi connectivity index (χ4v) is 2.82. The molecular weight excluding hydrogens is 286 g/mol. The summed E-state index contributed by atoms with van der Waals surface area (Å²) in [6, 6.07) is 2.74. The highest BCUT2D eigenvalue weighted by Gasteiger charge is 2.36. The Hall–Kier alpha value is -1.50. The third-order valence-corrected chi connectivity index (χ3v) is 3.93. The van der Waals surface area contributed by atoms with E-state index in [-0.39, 0.29) is 13.2 Å². The van der Waals surface area contributed by atoms with Gasteiger partial charge in [-0.1, -0.05) is 11.6 Å². The summed E-state index contributed by atoms with van der Waals surface area (Å²) in [5.74, 6) is 0.268. The standard InChI is InChI=1S/C13H14ClNO5/c14-9-3-12-11(19-6-20-12)1-7(9)4-15-5-8(16)2-10(15)13(17)18/h1,3,8,10,16H,2,4-6H2,(H,17,18)/t8-,10+/m1/s1. The van der Waals surface area contributed by atoms with Crippen molar-refractivity contribution >= 4 is 17.6 Å². The average molecular weight is 300 g/mol. The van der Waals surface area contributed by atoms with E-state index in [4.69, 9.17) is 21.1 Å². The van der Waals surface area contributed by atoms with Crippen molar-refractivity contribution < 1.29 is 24.5 Å². The number of nitrogens with zero attached hydrogens (tertiary/aromatic N) is 1. The quantitative estimate of drug-likeness (QED) is 0.870. The van der Waals surface area contributed by atoms with E-state index >= 15 is 0 Å². The van der Waals surface area contributed by atoms with E-state index in [1.165, 1.54) is 0 Å². The maximum Gasteiger partial charge on any atom is 0.321 e. The molecule has 1 aromatic rings. The highest BCUT2D eigenvalue weighted by atomic mass is 35.5. The summed E-state index contributed by atoms with van der Waals surface area (Å²) in [4.78, 5) is 12.9. The number of aliphatic carboxylic acids is 1. The van der Waals surface area contributed by atoms with E-state index in [0.29, 0.717) is 29.6 Å². The Kier molecular flexibility index (Phi) is 3.45. The van der Waals surface area contributed by atoms with Crippen LogP contribution in [0.3, 0.4) is 0 Å². The normalized spacial score (nSPS) is 25.1. The molecule has 2 aliphatic rings. The monoisotopic (exact) mass is 299 g/mol. The maximum absolute atomic E-state index is 11.2. The lowest BCUT2D eigenvalue weighted by Gasteiger charge is -2.21. The van der Waals surface area contributed by atoms with Gasteiger partial charge in [0.15, 0.2) is 11.5 Å². The minimum Gasteiger partial charge on any atom is -0.480 e. The molecule has 1 fully saturated rings. The van der Waals surface area contributed by atoms with Crippen LogP contribution in [0.5, 0.6) is 11.5 Å². The van der Waals surface area contributed by atoms with Gasteiger partial charge in [0.1, 0.15) is 6.04 Å². The van der Waals surface area contributed by atoms with Crippen LogP contribution in [0.1, 0.15) is 12.0 Å². The SMILES string of the molecule is O=C(O)[C@@H]1C[C@@H](O)CN1Cc1cc2c(cc1Cl)OCO2. The van der Waals surface area contributed by atoms with Gasteiger partial charge in [0.2, 0.25) is 6.79 Å². The molecule has 108 valence electrons. The number of β-amino-alcohol motifs (C(OH)–C–C–N with tert-alkyl or cyclic N) is 1. The molecule has 20 heavy (non-hydrogen) atoms. The van der Waals surface area contributed by atoms with Gasteiger partial charge in [-0.15, -0.1) is 0 Å². The van der Waals surface area contributed by atoms with Crippen molar-refractivity contribution in [1.29, 1.82) is 0 Å². The Morgan fingerprint density at radius 3 is 2.80 bits per heavy atom. The second kappa shape index (κ2) is 5.12. The Labute approximate surface area is 120 Å². The van der Waals surface area contributed by atoms with Crippen molar-refractivity contribution in [3.8, 4) is 11.5 Å². The lowest BCUT2D eigenvalue weighted by Crippen LogP contribution is -2.35. The minimum atomic E-state index is -0.932. The van der Waals surface area contributed by atoms with Crippen LogP contribution in [0.4, 0.5) is 0 Å². The van der Waals surface area contributed by atoms with Crippen LogP contribution in [0.25, 0.3) is 0 Å². The third-order valence-electron chi connectivity index (χ3n) is 3.58. The van der Waals surface area contributed by atoms with Gasteiger partial charge in [-0.05, 0) is 11.6 Å². The van der Waals surface area contributed by atoms with Crippen molar-refractivity contribution in [2.45, 2.75) is 25.1 Å². The van der Waals surface area contributed by atoms with Gasteiger partial charge in [-0.3, -0.25) is 9.69 Å². The number of hydrogen-bond acceptors (Lipinski definition) is 5. The van der Waals surface area contributed by atoms with Crippen molar-refractivity contribution in [2.24, 2.45) is 0 Å². The molecule has 1 aromatic carbocycles. The first-order chi connectivity index (χ1) is 9.54. The molecule has 7 heteroatoms. The molecule has 6 nitrogen and oxygen atoms in total. The molecule has 3 rings (SSSR count). The molecule has 0 bridgehead atoms. The van der Waals surface area contributed by atoms with Gasteiger partial charge >= 0.3 is 5.97 Å². The van der Waals surface area contributed by atoms with Crippen molar-refractivity contribution in [1.82, 2.24) is 4.90 Å². The Balaban J connectivity index is 1.82. The molecule has 2 aliphatic heterocycles. The minimum absolute atomic E-state index is 0.162. The number of rotatable bonds is 3. The third kappa shape index (κ3) is 2.42. The first-order valence-electron chi connectivity index (χ1n) is 6.27. The Bertz CT molecular complexity index is 550. The summed E-state index contributed by atoms with van der Waals surface area (Å²) in [7, 11) is 0. The maximum atomic E-state index is 11.2. The number of hydrogen-bond donors (Lipinski definition) is 2. The average Bonchev–Trinajstić information content (AvgIpc) is 2.96. The van der Waals surface area contributed by atoms with Gasteiger partial charge in [-0.2, -0.15) is 0 Å². The van der Waals surface area contributed by atoms with Crippen molar-refractivity contribution in [3.05, 3.63) is 22.7 Å². The molecule has 2 N–H and O–H groups in total. The molecule has 1 saturated heterocycles. The number of carboxylic acids is 1. The first kappa shape index (κ1) is 13.5. The molecule has 2 atom stereocenters. The Morgan fingerprint density at radius 2 is 2.10 bits per heavy atom. The summed E-state index contributed by atoms with van der Waals surface area (Å²) < 4.78 is 10.5. The number of benzene rings is 1. The van der Waals surface area contributed by atoms with Gasteiger partial charge in [0.25, 0.3) is 0 Å². The molecule has 2 heterocycles. The summed E-state index contributed by atoms with van der Waals surface area (Å²) >= 11 is 6.18. The van der Waals surface area contributed by atoms with Crippen LogP contribution in [-0.2, 0) is 11.3 Å². The smallest absolute Gasteiger partial charge is 0.321 e. The van der Waals surface area contributed by atoms with Gasteiger partial charge in [0.05, 0.1) is 6.10 Å². The number of carbonyl (C=O) groups is 1. The molecule has 0 saturated carbocycles. The van der Waals surface area contributed by atoms with Gasteiger partial charge in [-0.25, -0.2) is 0 Å². The summed E-state index contributed by atoms with van der Waals surface area (Å²) in [5, 5.41) is 19.3. The lowest BCUT2D eigenvalue weighted by molar-refractivity contribution is -0.142. The van der Waals surface area contributed by atoms with Crippen LogP contribution >= 0.6 is 11.6 Å². The number of aliphatic hydroxyl groups is 1. The van der Waals surface area contributed by atoms with Gasteiger partial charge in [0, 0.05) is 30.6 Å². The molecule has 0 amide bonds. The van der Waals surface area contributed by atoms with E-state index in [1.807, 2.05) is 0 Å². The summed E-state index contributed by atoms with van der Waals surface area (Å²) in [5.41, 5.74) is 0.760. The fraction of sp³-hybridized carbons (Fsp3) is 0.462. The molecule has 0 aliphatic carbocycles.